The Morgan fingerprint density at radius 2 is 1.90 bits per heavy atom. The number of fused-ring (bicyclic) bond motifs is 1. The second-order valence-electron chi connectivity index (χ2n) is 5.77. The van der Waals surface area contributed by atoms with Gasteiger partial charge < -0.3 is 4.90 Å². The summed E-state index contributed by atoms with van der Waals surface area (Å²) in [6.45, 7) is 5.99. The van der Waals surface area contributed by atoms with E-state index >= 15 is 0 Å². The van der Waals surface area contributed by atoms with Crippen molar-refractivity contribution in [1.82, 2.24) is 9.88 Å². The predicted molar refractivity (Wildman–Crippen MR) is 81.0 cm³/mol. The zero-order valence-electron chi connectivity index (χ0n) is 12.1. The lowest BCUT2D eigenvalue weighted by atomic mass is 10.0. The van der Waals surface area contributed by atoms with Gasteiger partial charge in [-0.1, -0.05) is 32.0 Å². The molecule has 0 N–H and O–H groups in total. The minimum Gasteiger partial charge on any atom is -0.339 e. The summed E-state index contributed by atoms with van der Waals surface area (Å²) < 4.78 is 0. The van der Waals surface area contributed by atoms with Crippen molar-refractivity contribution in [3.63, 3.8) is 0 Å². The molecule has 1 aliphatic rings. The number of amides is 1. The zero-order chi connectivity index (χ0) is 14.1. The molecule has 3 rings (SSSR count). The van der Waals surface area contributed by atoms with Crippen molar-refractivity contribution < 1.29 is 4.79 Å². The Bertz CT molecular complexity index is 642. The van der Waals surface area contributed by atoms with Crippen molar-refractivity contribution in [2.24, 2.45) is 0 Å². The van der Waals surface area contributed by atoms with Crippen LogP contribution >= 0.6 is 0 Å². The molecule has 3 heteroatoms. The Labute approximate surface area is 119 Å². The molecule has 0 aliphatic carbocycles. The highest BCUT2D eigenvalue weighted by Gasteiger charge is 2.22. The summed E-state index contributed by atoms with van der Waals surface area (Å²) in [4.78, 5) is 19.4. The number of carbonyl (C=O) groups is 1. The zero-order valence-corrected chi connectivity index (χ0v) is 12.1. The third-order valence-electron chi connectivity index (χ3n) is 3.95. The molecular formula is C17H20N2O. The van der Waals surface area contributed by atoms with Gasteiger partial charge in [-0.3, -0.25) is 9.78 Å². The van der Waals surface area contributed by atoms with E-state index in [0.29, 0.717) is 5.92 Å². The van der Waals surface area contributed by atoms with E-state index in [-0.39, 0.29) is 5.91 Å². The van der Waals surface area contributed by atoms with Crippen LogP contribution in [0.25, 0.3) is 10.9 Å². The molecule has 1 fully saturated rings. The van der Waals surface area contributed by atoms with Gasteiger partial charge in [0.15, 0.2) is 0 Å². The van der Waals surface area contributed by atoms with Gasteiger partial charge >= 0.3 is 0 Å². The number of nitrogens with zero attached hydrogens (tertiary/aromatic N) is 2. The number of para-hydroxylation sites is 1. The van der Waals surface area contributed by atoms with Crippen LogP contribution < -0.4 is 0 Å². The third kappa shape index (κ3) is 2.28. The Hall–Kier alpha value is -1.90. The fourth-order valence-corrected chi connectivity index (χ4v) is 2.76. The first kappa shape index (κ1) is 13.1. The molecule has 2 aromatic rings. The second kappa shape index (κ2) is 5.23. The fraction of sp³-hybridized carbons (Fsp3) is 0.412. The first-order valence-corrected chi connectivity index (χ1v) is 7.36. The van der Waals surface area contributed by atoms with Crippen LogP contribution in [0, 0.1) is 0 Å². The van der Waals surface area contributed by atoms with E-state index < -0.39 is 0 Å². The van der Waals surface area contributed by atoms with Gasteiger partial charge in [0, 0.05) is 24.2 Å². The van der Waals surface area contributed by atoms with Crippen molar-refractivity contribution in [2.75, 3.05) is 13.1 Å². The largest absolute Gasteiger partial charge is 0.339 e. The first-order valence-electron chi connectivity index (χ1n) is 7.36. The molecule has 20 heavy (non-hydrogen) atoms. The molecule has 104 valence electrons. The molecule has 0 spiro atoms. The smallest absolute Gasteiger partial charge is 0.254 e. The van der Waals surface area contributed by atoms with E-state index in [1.165, 1.54) is 0 Å². The number of pyridine rings is 1. The Morgan fingerprint density at radius 1 is 1.20 bits per heavy atom. The maximum absolute atomic E-state index is 12.7. The Morgan fingerprint density at radius 3 is 2.60 bits per heavy atom. The van der Waals surface area contributed by atoms with Crippen molar-refractivity contribution in [1.29, 1.82) is 0 Å². The van der Waals surface area contributed by atoms with Crippen LogP contribution in [-0.4, -0.2) is 28.9 Å². The average molecular weight is 268 g/mol. The highest BCUT2D eigenvalue weighted by atomic mass is 16.2. The van der Waals surface area contributed by atoms with E-state index in [1.54, 1.807) is 0 Å². The molecule has 1 saturated heterocycles. The summed E-state index contributed by atoms with van der Waals surface area (Å²) in [7, 11) is 0. The van der Waals surface area contributed by atoms with Gasteiger partial charge in [0.05, 0.1) is 11.1 Å². The lowest BCUT2D eigenvalue weighted by Gasteiger charge is -2.18. The normalized spacial score (nSPS) is 15.2. The van der Waals surface area contributed by atoms with Gasteiger partial charge in [0.1, 0.15) is 0 Å². The molecule has 0 saturated carbocycles. The summed E-state index contributed by atoms with van der Waals surface area (Å²) in [5.74, 6) is 0.479. The summed E-state index contributed by atoms with van der Waals surface area (Å²) >= 11 is 0. The summed E-state index contributed by atoms with van der Waals surface area (Å²) in [5.41, 5.74) is 2.72. The number of rotatable bonds is 2. The standard InChI is InChI=1S/C17H20N2O/c1-12(2)16-11-14(17(20)19-9-5-6-10-19)13-7-3-4-8-15(13)18-16/h3-4,7-8,11-12H,5-6,9-10H2,1-2H3. The molecule has 1 aliphatic heterocycles. The van der Waals surface area contributed by atoms with E-state index in [2.05, 4.69) is 18.8 Å². The highest BCUT2D eigenvalue weighted by Crippen LogP contribution is 2.24. The molecule has 2 heterocycles. The Kier molecular flexibility index (Phi) is 3.43. The Balaban J connectivity index is 2.14. The lowest BCUT2D eigenvalue weighted by molar-refractivity contribution is 0.0794. The van der Waals surface area contributed by atoms with Crippen LogP contribution in [0.15, 0.2) is 30.3 Å². The number of likely N-dealkylation sites (tertiary alicyclic amines) is 1. The fourth-order valence-electron chi connectivity index (χ4n) is 2.76. The van der Waals surface area contributed by atoms with Gasteiger partial charge in [-0.25, -0.2) is 0 Å². The third-order valence-corrected chi connectivity index (χ3v) is 3.95. The van der Waals surface area contributed by atoms with Crippen molar-refractivity contribution in [3.8, 4) is 0 Å². The van der Waals surface area contributed by atoms with Crippen LogP contribution in [0.1, 0.15) is 48.7 Å². The SMILES string of the molecule is CC(C)c1cc(C(=O)N2CCCC2)c2ccccc2n1. The average Bonchev–Trinajstić information content (AvgIpc) is 2.99. The summed E-state index contributed by atoms with van der Waals surface area (Å²) in [5, 5.41) is 0.966. The number of benzene rings is 1. The summed E-state index contributed by atoms with van der Waals surface area (Å²) in [6, 6.07) is 9.91. The van der Waals surface area contributed by atoms with Gasteiger partial charge in [-0.2, -0.15) is 0 Å². The molecule has 0 atom stereocenters. The van der Waals surface area contributed by atoms with Crippen LogP contribution in [0.2, 0.25) is 0 Å². The second-order valence-corrected chi connectivity index (χ2v) is 5.77. The topological polar surface area (TPSA) is 33.2 Å². The number of hydrogen-bond acceptors (Lipinski definition) is 2. The number of hydrogen-bond donors (Lipinski definition) is 0. The minimum absolute atomic E-state index is 0.156. The molecule has 0 radical (unpaired) electrons. The van der Waals surface area contributed by atoms with Gasteiger partial charge in [-0.05, 0) is 30.9 Å². The number of carbonyl (C=O) groups excluding carboxylic acids is 1. The van der Waals surface area contributed by atoms with Crippen molar-refractivity contribution >= 4 is 16.8 Å². The lowest BCUT2D eigenvalue weighted by Crippen LogP contribution is -2.28. The molecule has 0 bridgehead atoms. The minimum atomic E-state index is 0.156. The van der Waals surface area contributed by atoms with E-state index in [9.17, 15) is 4.79 Å². The molecule has 0 unspecified atom stereocenters. The van der Waals surface area contributed by atoms with E-state index in [0.717, 1.165) is 48.1 Å². The first-order chi connectivity index (χ1) is 9.66. The van der Waals surface area contributed by atoms with Gasteiger partial charge in [-0.15, -0.1) is 0 Å². The molecule has 3 nitrogen and oxygen atoms in total. The molecule has 1 aromatic heterocycles. The quantitative estimate of drug-likeness (QED) is 0.834. The van der Waals surface area contributed by atoms with Crippen LogP contribution in [-0.2, 0) is 0 Å². The predicted octanol–water partition coefficient (Wildman–Crippen LogP) is 3.59. The van der Waals surface area contributed by atoms with E-state index in [4.69, 9.17) is 0 Å². The van der Waals surface area contributed by atoms with Crippen molar-refractivity contribution in [2.45, 2.75) is 32.6 Å². The highest BCUT2D eigenvalue weighted by molar-refractivity contribution is 6.06. The maximum atomic E-state index is 12.7. The number of aromatic nitrogens is 1. The van der Waals surface area contributed by atoms with Crippen LogP contribution in [0.4, 0.5) is 0 Å². The van der Waals surface area contributed by atoms with Gasteiger partial charge in [0.25, 0.3) is 5.91 Å². The van der Waals surface area contributed by atoms with Gasteiger partial charge in [0.2, 0.25) is 0 Å². The van der Waals surface area contributed by atoms with Crippen molar-refractivity contribution in [3.05, 3.63) is 41.6 Å². The van der Waals surface area contributed by atoms with Crippen LogP contribution in [0.5, 0.6) is 0 Å². The molecule has 1 amide bonds. The molecule has 1 aromatic carbocycles. The maximum Gasteiger partial charge on any atom is 0.254 e. The van der Waals surface area contributed by atoms with Crippen LogP contribution in [0.3, 0.4) is 0 Å². The monoisotopic (exact) mass is 268 g/mol. The molecular weight excluding hydrogens is 248 g/mol. The van der Waals surface area contributed by atoms with E-state index in [1.807, 2.05) is 35.2 Å². The summed E-state index contributed by atoms with van der Waals surface area (Å²) in [6.07, 6.45) is 2.23.